The Bertz CT molecular complexity index is 617. The van der Waals surface area contributed by atoms with Gasteiger partial charge >= 0.3 is 0 Å². The monoisotopic (exact) mass is 296 g/mol. The lowest BCUT2D eigenvalue weighted by Crippen LogP contribution is -2.33. The molecule has 0 N–H and O–H groups in total. The molecule has 4 nitrogen and oxygen atoms in total. The SMILES string of the molecule is CC(C)(C)CN(CCC#N)Cc1cnn(-c2ccccc2)c1. The molecule has 1 aromatic heterocycles. The van der Waals surface area contributed by atoms with Crippen LogP contribution in [0.25, 0.3) is 5.69 Å². The van der Waals surface area contributed by atoms with E-state index >= 15 is 0 Å². The predicted molar refractivity (Wildman–Crippen MR) is 88.5 cm³/mol. The molecule has 0 aliphatic carbocycles. The zero-order chi connectivity index (χ0) is 16.0. The molecule has 0 saturated heterocycles. The zero-order valence-electron chi connectivity index (χ0n) is 13.7. The standard InChI is InChI=1S/C18H24N4/c1-18(2,3)15-21(11-7-10-19)13-16-12-20-22(14-16)17-8-5-4-6-9-17/h4-6,8-9,12,14H,7,11,13,15H2,1-3H3. The molecular weight excluding hydrogens is 272 g/mol. The van der Waals surface area contributed by atoms with Gasteiger partial charge in [0.2, 0.25) is 0 Å². The van der Waals surface area contributed by atoms with Crippen molar-refractivity contribution in [3.8, 4) is 11.8 Å². The lowest BCUT2D eigenvalue weighted by atomic mass is 9.96. The first-order valence-corrected chi connectivity index (χ1v) is 7.66. The van der Waals surface area contributed by atoms with Crippen LogP contribution in [0, 0.1) is 16.7 Å². The van der Waals surface area contributed by atoms with E-state index in [-0.39, 0.29) is 5.41 Å². The van der Waals surface area contributed by atoms with E-state index in [1.165, 1.54) is 5.56 Å². The first kappa shape index (κ1) is 16.3. The quantitative estimate of drug-likeness (QED) is 0.817. The maximum Gasteiger partial charge on any atom is 0.0645 e. The molecule has 0 saturated carbocycles. The van der Waals surface area contributed by atoms with E-state index in [1.54, 1.807) is 0 Å². The number of hydrogen-bond donors (Lipinski definition) is 0. The van der Waals surface area contributed by atoms with Gasteiger partial charge in [0.25, 0.3) is 0 Å². The minimum atomic E-state index is 0.213. The van der Waals surface area contributed by atoms with Gasteiger partial charge in [0.1, 0.15) is 0 Å². The second kappa shape index (κ2) is 7.24. The van der Waals surface area contributed by atoms with Crippen LogP contribution in [-0.2, 0) is 6.54 Å². The van der Waals surface area contributed by atoms with Crippen molar-refractivity contribution in [1.29, 1.82) is 5.26 Å². The molecule has 1 aromatic carbocycles. The second-order valence-electron chi connectivity index (χ2n) is 6.81. The summed E-state index contributed by atoms with van der Waals surface area (Å²) in [6.07, 6.45) is 4.54. The van der Waals surface area contributed by atoms with Crippen LogP contribution in [0.2, 0.25) is 0 Å². The van der Waals surface area contributed by atoms with Crippen LogP contribution in [0.1, 0.15) is 32.8 Å². The fourth-order valence-corrected chi connectivity index (χ4v) is 2.51. The predicted octanol–water partition coefficient (Wildman–Crippen LogP) is 3.63. The molecule has 0 aliphatic rings. The highest BCUT2D eigenvalue weighted by atomic mass is 15.3. The molecule has 0 aliphatic heterocycles. The average molecular weight is 296 g/mol. The third-order valence-electron chi connectivity index (χ3n) is 3.30. The summed E-state index contributed by atoms with van der Waals surface area (Å²) in [6.45, 7) is 9.25. The van der Waals surface area contributed by atoms with Gasteiger partial charge in [0, 0.05) is 37.8 Å². The van der Waals surface area contributed by atoms with Crippen molar-refractivity contribution >= 4 is 0 Å². The van der Waals surface area contributed by atoms with E-state index in [4.69, 9.17) is 5.26 Å². The Labute approximate surface area is 133 Å². The van der Waals surface area contributed by atoms with Crippen LogP contribution in [0.3, 0.4) is 0 Å². The first-order valence-electron chi connectivity index (χ1n) is 7.66. The van der Waals surface area contributed by atoms with E-state index in [0.717, 1.165) is 25.3 Å². The van der Waals surface area contributed by atoms with Crippen molar-refractivity contribution in [1.82, 2.24) is 14.7 Å². The Hall–Kier alpha value is -2.12. The van der Waals surface area contributed by atoms with Gasteiger partial charge in [0.15, 0.2) is 0 Å². The fraction of sp³-hybridized carbons (Fsp3) is 0.444. The molecule has 0 unspecified atom stereocenters. The Morgan fingerprint density at radius 1 is 1.23 bits per heavy atom. The molecule has 2 rings (SSSR count). The number of aromatic nitrogens is 2. The van der Waals surface area contributed by atoms with Crippen LogP contribution in [0.4, 0.5) is 0 Å². The number of benzene rings is 1. The summed E-state index contributed by atoms with van der Waals surface area (Å²) in [7, 11) is 0. The van der Waals surface area contributed by atoms with Gasteiger partial charge in [-0.15, -0.1) is 0 Å². The number of para-hydroxylation sites is 1. The number of nitrogens with zero attached hydrogens (tertiary/aromatic N) is 4. The van der Waals surface area contributed by atoms with E-state index < -0.39 is 0 Å². The summed E-state index contributed by atoms with van der Waals surface area (Å²) in [4.78, 5) is 2.33. The highest BCUT2D eigenvalue weighted by molar-refractivity contribution is 5.30. The van der Waals surface area contributed by atoms with Gasteiger partial charge < -0.3 is 0 Å². The molecule has 22 heavy (non-hydrogen) atoms. The minimum Gasteiger partial charge on any atom is -0.297 e. The molecule has 116 valence electrons. The maximum atomic E-state index is 8.84. The molecule has 4 heteroatoms. The van der Waals surface area contributed by atoms with Crippen LogP contribution in [0.15, 0.2) is 42.7 Å². The van der Waals surface area contributed by atoms with Crippen LogP contribution < -0.4 is 0 Å². The van der Waals surface area contributed by atoms with Crippen molar-refractivity contribution in [2.24, 2.45) is 5.41 Å². The molecule has 0 spiro atoms. The van der Waals surface area contributed by atoms with Gasteiger partial charge in [-0.1, -0.05) is 39.0 Å². The topological polar surface area (TPSA) is 44.9 Å². The summed E-state index contributed by atoms with van der Waals surface area (Å²) < 4.78 is 1.90. The van der Waals surface area contributed by atoms with E-state index in [0.29, 0.717) is 6.42 Å². The fourth-order valence-electron chi connectivity index (χ4n) is 2.51. The normalized spacial score (nSPS) is 11.6. The molecular formula is C18H24N4. The molecule has 0 bridgehead atoms. The second-order valence-corrected chi connectivity index (χ2v) is 6.81. The van der Waals surface area contributed by atoms with Crippen molar-refractivity contribution < 1.29 is 0 Å². The lowest BCUT2D eigenvalue weighted by molar-refractivity contribution is 0.187. The molecule has 2 aromatic rings. The third kappa shape index (κ3) is 5.01. The summed E-state index contributed by atoms with van der Waals surface area (Å²) >= 11 is 0. The minimum absolute atomic E-state index is 0.213. The summed E-state index contributed by atoms with van der Waals surface area (Å²) in [6, 6.07) is 12.3. The van der Waals surface area contributed by atoms with Crippen molar-refractivity contribution in [2.45, 2.75) is 33.7 Å². The Kier molecular flexibility index (Phi) is 5.35. The largest absolute Gasteiger partial charge is 0.297 e. The van der Waals surface area contributed by atoms with E-state index in [1.807, 2.05) is 41.2 Å². The smallest absolute Gasteiger partial charge is 0.0645 e. The van der Waals surface area contributed by atoms with Crippen LogP contribution >= 0.6 is 0 Å². The molecule has 0 amide bonds. The zero-order valence-corrected chi connectivity index (χ0v) is 13.7. The number of hydrogen-bond acceptors (Lipinski definition) is 3. The molecule has 0 radical (unpaired) electrons. The maximum absolute atomic E-state index is 8.84. The Morgan fingerprint density at radius 3 is 2.59 bits per heavy atom. The van der Waals surface area contributed by atoms with Gasteiger partial charge in [-0.25, -0.2) is 4.68 Å². The summed E-state index contributed by atoms with van der Waals surface area (Å²) in [5.74, 6) is 0. The first-order chi connectivity index (χ1) is 10.5. The Morgan fingerprint density at radius 2 is 1.95 bits per heavy atom. The van der Waals surface area contributed by atoms with Gasteiger partial charge in [-0.3, -0.25) is 4.90 Å². The van der Waals surface area contributed by atoms with Gasteiger partial charge in [-0.2, -0.15) is 10.4 Å². The van der Waals surface area contributed by atoms with Gasteiger partial charge in [0.05, 0.1) is 18.0 Å². The summed E-state index contributed by atoms with van der Waals surface area (Å²) in [5.41, 5.74) is 2.45. The van der Waals surface area contributed by atoms with E-state index in [9.17, 15) is 0 Å². The number of nitriles is 1. The Balaban J connectivity index is 2.07. The van der Waals surface area contributed by atoms with E-state index in [2.05, 4.69) is 43.0 Å². The lowest BCUT2D eigenvalue weighted by Gasteiger charge is -2.29. The highest BCUT2D eigenvalue weighted by Gasteiger charge is 2.17. The molecule has 0 atom stereocenters. The highest BCUT2D eigenvalue weighted by Crippen LogP contribution is 2.18. The van der Waals surface area contributed by atoms with Crippen LogP contribution in [0.5, 0.6) is 0 Å². The number of rotatable bonds is 6. The van der Waals surface area contributed by atoms with Crippen molar-refractivity contribution in [3.05, 3.63) is 48.3 Å². The van der Waals surface area contributed by atoms with Gasteiger partial charge in [-0.05, 0) is 17.5 Å². The molecule has 1 heterocycles. The van der Waals surface area contributed by atoms with Crippen LogP contribution in [-0.4, -0.2) is 27.8 Å². The molecule has 0 fully saturated rings. The third-order valence-corrected chi connectivity index (χ3v) is 3.30. The van der Waals surface area contributed by atoms with Crippen molar-refractivity contribution in [3.63, 3.8) is 0 Å². The van der Waals surface area contributed by atoms with Crippen molar-refractivity contribution in [2.75, 3.05) is 13.1 Å². The summed E-state index contributed by atoms with van der Waals surface area (Å²) in [5, 5.41) is 13.3. The average Bonchev–Trinajstić information content (AvgIpc) is 2.93.